The van der Waals surface area contributed by atoms with Crippen LogP contribution in [0.2, 0.25) is 0 Å². The predicted molar refractivity (Wildman–Crippen MR) is 113 cm³/mol. The second-order valence-corrected chi connectivity index (χ2v) is 7.38. The second kappa shape index (κ2) is 9.88. The van der Waals surface area contributed by atoms with Crippen LogP contribution in [0.5, 0.6) is 5.75 Å². The molecule has 2 aromatic carbocycles. The highest BCUT2D eigenvalue weighted by Crippen LogP contribution is 2.27. The number of benzene rings is 2. The van der Waals surface area contributed by atoms with E-state index >= 15 is 0 Å². The molecule has 8 heteroatoms. The lowest BCUT2D eigenvalue weighted by Crippen LogP contribution is -2.45. The second-order valence-electron chi connectivity index (χ2n) is 7.38. The normalized spacial score (nSPS) is 11.8. The molecule has 0 spiro atoms. The number of para-hydroxylation sites is 1. The summed E-state index contributed by atoms with van der Waals surface area (Å²) >= 11 is 0. The van der Waals surface area contributed by atoms with Crippen LogP contribution < -0.4 is 10.1 Å². The van der Waals surface area contributed by atoms with Crippen LogP contribution in [0.25, 0.3) is 11.4 Å². The van der Waals surface area contributed by atoms with Gasteiger partial charge >= 0.3 is 5.97 Å². The van der Waals surface area contributed by atoms with E-state index in [9.17, 15) is 9.59 Å². The molecule has 8 nitrogen and oxygen atoms in total. The van der Waals surface area contributed by atoms with Gasteiger partial charge in [0.25, 0.3) is 11.8 Å². The molecule has 1 aromatic heterocycles. The summed E-state index contributed by atoms with van der Waals surface area (Å²) in [6.07, 6.45) is 0. The van der Waals surface area contributed by atoms with Crippen molar-refractivity contribution >= 4 is 11.9 Å². The van der Waals surface area contributed by atoms with E-state index in [4.69, 9.17) is 14.0 Å². The van der Waals surface area contributed by atoms with Crippen LogP contribution in [0.15, 0.2) is 53.1 Å². The van der Waals surface area contributed by atoms with Gasteiger partial charge in [-0.1, -0.05) is 48.8 Å². The molecule has 0 bridgehead atoms. The number of ether oxygens (including phenoxy) is 2. The zero-order chi connectivity index (χ0) is 22.4. The molecule has 0 saturated heterocycles. The minimum absolute atomic E-state index is 0.141. The molecule has 0 fully saturated rings. The van der Waals surface area contributed by atoms with Crippen LogP contribution in [0.1, 0.15) is 35.7 Å². The van der Waals surface area contributed by atoms with Crippen molar-refractivity contribution in [3.8, 4) is 17.1 Å². The van der Waals surface area contributed by atoms with Crippen molar-refractivity contribution in [2.24, 2.45) is 5.92 Å². The Morgan fingerprint density at radius 2 is 1.90 bits per heavy atom. The lowest BCUT2D eigenvalue weighted by molar-refractivity contribution is -0.149. The van der Waals surface area contributed by atoms with Gasteiger partial charge in [0.15, 0.2) is 6.61 Å². The van der Waals surface area contributed by atoms with Crippen LogP contribution in [0.3, 0.4) is 0 Å². The minimum atomic E-state index is -0.815. The topological polar surface area (TPSA) is 104 Å². The van der Waals surface area contributed by atoms with Gasteiger partial charge < -0.3 is 19.3 Å². The van der Waals surface area contributed by atoms with Crippen molar-refractivity contribution in [3.63, 3.8) is 0 Å². The van der Waals surface area contributed by atoms with Crippen LogP contribution in [-0.2, 0) is 16.1 Å². The lowest BCUT2D eigenvalue weighted by Gasteiger charge is -2.20. The third kappa shape index (κ3) is 5.48. The molecule has 31 heavy (non-hydrogen) atoms. The summed E-state index contributed by atoms with van der Waals surface area (Å²) < 4.78 is 15.8. The fourth-order valence-corrected chi connectivity index (χ4v) is 2.98. The van der Waals surface area contributed by atoms with Crippen LogP contribution in [-0.4, -0.2) is 35.2 Å². The highest BCUT2D eigenvalue weighted by Gasteiger charge is 2.27. The van der Waals surface area contributed by atoms with Crippen molar-refractivity contribution in [2.45, 2.75) is 33.4 Å². The van der Waals surface area contributed by atoms with E-state index in [-0.39, 0.29) is 24.3 Å². The molecule has 0 unspecified atom stereocenters. The fraction of sp³-hybridized carbons (Fsp3) is 0.304. The fourth-order valence-electron chi connectivity index (χ4n) is 2.98. The molecular formula is C23H25N3O5. The van der Waals surface area contributed by atoms with E-state index in [1.54, 1.807) is 37.4 Å². The van der Waals surface area contributed by atoms with E-state index < -0.39 is 12.0 Å². The number of amides is 1. The van der Waals surface area contributed by atoms with Crippen molar-refractivity contribution in [3.05, 3.63) is 65.5 Å². The quantitative estimate of drug-likeness (QED) is 0.553. The van der Waals surface area contributed by atoms with E-state index in [1.165, 1.54) is 0 Å². The van der Waals surface area contributed by atoms with Crippen molar-refractivity contribution in [2.75, 3.05) is 7.11 Å². The molecule has 0 aliphatic carbocycles. The number of aromatic nitrogens is 2. The highest BCUT2D eigenvalue weighted by molar-refractivity contribution is 5.97. The largest absolute Gasteiger partial charge is 0.496 e. The first-order chi connectivity index (χ1) is 14.9. The van der Waals surface area contributed by atoms with Gasteiger partial charge in [-0.15, -0.1) is 0 Å². The average Bonchev–Trinajstić information content (AvgIpc) is 3.24. The first-order valence-electron chi connectivity index (χ1n) is 9.89. The molecule has 0 saturated carbocycles. The summed E-state index contributed by atoms with van der Waals surface area (Å²) in [6, 6.07) is 13.6. The SMILES string of the molecule is COc1ccccc1-c1noc(COC(=O)[C@@H](NC(=O)c2cccc(C)c2)C(C)C)n1. The summed E-state index contributed by atoms with van der Waals surface area (Å²) in [4.78, 5) is 29.4. The zero-order valence-corrected chi connectivity index (χ0v) is 17.9. The van der Waals surface area contributed by atoms with E-state index in [1.807, 2.05) is 39.0 Å². The minimum Gasteiger partial charge on any atom is -0.496 e. The van der Waals surface area contributed by atoms with E-state index in [0.717, 1.165) is 5.56 Å². The lowest BCUT2D eigenvalue weighted by atomic mass is 10.0. The van der Waals surface area contributed by atoms with E-state index in [2.05, 4.69) is 15.5 Å². The number of carbonyl (C=O) groups excluding carboxylic acids is 2. The predicted octanol–water partition coefficient (Wildman–Crippen LogP) is 3.55. The Balaban J connectivity index is 1.64. The molecule has 1 heterocycles. The van der Waals surface area contributed by atoms with Crippen LogP contribution >= 0.6 is 0 Å². The van der Waals surface area contributed by atoms with Gasteiger partial charge in [0.05, 0.1) is 12.7 Å². The number of carbonyl (C=O) groups is 2. The van der Waals surface area contributed by atoms with Gasteiger partial charge in [0, 0.05) is 5.56 Å². The molecule has 1 amide bonds. The summed E-state index contributed by atoms with van der Waals surface area (Å²) in [5, 5.41) is 6.67. The Morgan fingerprint density at radius 3 is 2.61 bits per heavy atom. The Labute approximate surface area is 180 Å². The number of esters is 1. The summed E-state index contributed by atoms with van der Waals surface area (Å²) in [6.45, 7) is 5.35. The average molecular weight is 423 g/mol. The van der Waals surface area contributed by atoms with E-state index in [0.29, 0.717) is 22.7 Å². The molecule has 3 rings (SSSR count). The molecule has 0 aliphatic heterocycles. The first kappa shape index (κ1) is 22.0. The molecule has 0 radical (unpaired) electrons. The Bertz CT molecular complexity index is 1060. The number of hydrogen-bond donors (Lipinski definition) is 1. The standard InChI is InChI=1S/C23H25N3O5/c1-14(2)20(25-22(27)16-9-7-8-15(3)12-16)23(28)30-13-19-24-21(26-31-19)17-10-5-6-11-18(17)29-4/h5-12,14,20H,13H2,1-4H3,(H,25,27)/t20-/m0/s1. The van der Waals surface area contributed by atoms with Crippen molar-refractivity contribution < 1.29 is 23.6 Å². The Kier molecular flexibility index (Phi) is 7.02. The first-order valence-corrected chi connectivity index (χ1v) is 9.89. The molecule has 162 valence electrons. The van der Waals surface area contributed by atoms with Crippen LogP contribution in [0.4, 0.5) is 0 Å². The monoisotopic (exact) mass is 423 g/mol. The van der Waals surface area contributed by atoms with Crippen molar-refractivity contribution in [1.82, 2.24) is 15.5 Å². The Hall–Kier alpha value is -3.68. The maximum atomic E-state index is 12.6. The number of nitrogens with zero attached hydrogens (tertiary/aromatic N) is 2. The Morgan fingerprint density at radius 1 is 1.13 bits per heavy atom. The third-order valence-electron chi connectivity index (χ3n) is 4.64. The number of aryl methyl sites for hydroxylation is 1. The third-order valence-corrected chi connectivity index (χ3v) is 4.64. The summed E-state index contributed by atoms with van der Waals surface area (Å²) in [5.41, 5.74) is 2.10. The van der Waals surface area contributed by atoms with Gasteiger partial charge in [-0.3, -0.25) is 4.79 Å². The summed E-state index contributed by atoms with van der Waals surface area (Å²) in [7, 11) is 1.55. The van der Waals surface area contributed by atoms with Gasteiger partial charge in [-0.2, -0.15) is 4.98 Å². The van der Waals surface area contributed by atoms with Crippen LogP contribution in [0, 0.1) is 12.8 Å². The molecule has 1 atom stereocenters. The number of nitrogens with one attached hydrogen (secondary N) is 1. The zero-order valence-electron chi connectivity index (χ0n) is 17.9. The summed E-state index contributed by atoms with van der Waals surface area (Å²) in [5.74, 6) is -0.0132. The number of methoxy groups -OCH3 is 1. The molecule has 3 aromatic rings. The van der Waals surface area contributed by atoms with Gasteiger partial charge in [0.2, 0.25) is 5.82 Å². The molecular weight excluding hydrogens is 398 g/mol. The van der Waals surface area contributed by atoms with Gasteiger partial charge in [0.1, 0.15) is 11.8 Å². The van der Waals surface area contributed by atoms with Crippen molar-refractivity contribution in [1.29, 1.82) is 0 Å². The highest BCUT2D eigenvalue weighted by atomic mass is 16.6. The number of rotatable bonds is 8. The number of hydrogen-bond acceptors (Lipinski definition) is 7. The smallest absolute Gasteiger partial charge is 0.329 e. The maximum absolute atomic E-state index is 12.6. The van der Waals surface area contributed by atoms with Gasteiger partial charge in [-0.25, -0.2) is 4.79 Å². The van der Waals surface area contributed by atoms with Gasteiger partial charge in [-0.05, 0) is 37.1 Å². The molecule has 1 N–H and O–H groups in total. The maximum Gasteiger partial charge on any atom is 0.329 e. The molecule has 0 aliphatic rings.